The van der Waals surface area contributed by atoms with Crippen molar-refractivity contribution in [1.82, 2.24) is 5.32 Å². The second-order valence-electron chi connectivity index (χ2n) is 6.53. The lowest BCUT2D eigenvalue weighted by molar-refractivity contribution is 0.00469. The number of ether oxygens (including phenoxy) is 2. The molecule has 0 unspecified atom stereocenters. The van der Waals surface area contributed by atoms with Gasteiger partial charge < -0.3 is 14.8 Å². The van der Waals surface area contributed by atoms with Gasteiger partial charge >= 0.3 is 0 Å². The average molecular weight is 241 g/mol. The normalized spacial score (nSPS) is 35.1. The highest BCUT2D eigenvalue weighted by Crippen LogP contribution is 2.34. The molecule has 2 fully saturated rings. The van der Waals surface area contributed by atoms with E-state index in [1.165, 1.54) is 19.3 Å². The lowest BCUT2D eigenvalue weighted by atomic mass is 9.81. The molecule has 3 nitrogen and oxygen atoms in total. The highest BCUT2D eigenvalue weighted by molar-refractivity contribution is 4.87. The maximum Gasteiger partial charge on any atom is 0.0664 e. The Morgan fingerprint density at radius 2 is 2.00 bits per heavy atom. The summed E-state index contributed by atoms with van der Waals surface area (Å²) in [6.07, 6.45) is 4.05. The fourth-order valence-corrected chi connectivity index (χ4v) is 3.02. The predicted molar refractivity (Wildman–Crippen MR) is 69.1 cm³/mol. The van der Waals surface area contributed by atoms with E-state index in [4.69, 9.17) is 9.47 Å². The summed E-state index contributed by atoms with van der Waals surface area (Å²) in [5.41, 5.74) is 0.256. The van der Waals surface area contributed by atoms with E-state index in [-0.39, 0.29) is 5.41 Å². The monoisotopic (exact) mass is 241 g/mol. The van der Waals surface area contributed by atoms with Crippen molar-refractivity contribution >= 4 is 0 Å². The minimum atomic E-state index is 0.256. The van der Waals surface area contributed by atoms with Gasteiger partial charge in [0.25, 0.3) is 0 Å². The quantitative estimate of drug-likeness (QED) is 0.822. The Hall–Kier alpha value is -0.120. The molecule has 0 saturated carbocycles. The van der Waals surface area contributed by atoms with Crippen LogP contribution in [0, 0.1) is 11.3 Å². The zero-order valence-corrected chi connectivity index (χ0v) is 11.5. The van der Waals surface area contributed by atoms with E-state index in [0.717, 1.165) is 26.4 Å². The van der Waals surface area contributed by atoms with E-state index in [9.17, 15) is 0 Å². The minimum Gasteiger partial charge on any atom is -0.380 e. The third-order valence-corrected chi connectivity index (χ3v) is 3.90. The molecule has 2 saturated heterocycles. The third kappa shape index (κ3) is 3.67. The molecule has 2 aliphatic heterocycles. The van der Waals surface area contributed by atoms with Gasteiger partial charge in [0.1, 0.15) is 0 Å². The summed E-state index contributed by atoms with van der Waals surface area (Å²) in [6, 6.07) is 0.560. The molecule has 0 amide bonds. The van der Waals surface area contributed by atoms with Crippen molar-refractivity contribution in [3.8, 4) is 0 Å². The Kier molecular flexibility index (Phi) is 4.45. The zero-order chi connectivity index (χ0) is 12.3. The maximum absolute atomic E-state index is 5.90. The van der Waals surface area contributed by atoms with Crippen molar-refractivity contribution in [2.75, 3.05) is 26.4 Å². The number of rotatable bonds is 3. The summed E-state index contributed by atoms with van der Waals surface area (Å²) < 4.78 is 11.4. The molecule has 0 bridgehead atoms. The summed E-state index contributed by atoms with van der Waals surface area (Å²) in [4.78, 5) is 0. The van der Waals surface area contributed by atoms with Gasteiger partial charge in [0.05, 0.1) is 12.7 Å². The molecular weight excluding hydrogens is 214 g/mol. The number of hydrogen-bond donors (Lipinski definition) is 1. The fraction of sp³-hybridized carbons (Fsp3) is 1.00. The molecule has 1 N–H and O–H groups in total. The second kappa shape index (κ2) is 5.68. The van der Waals surface area contributed by atoms with E-state index < -0.39 is 0 Å². The summed E-state index contributed by atoms with van der Waals surface area (Å²) in [7, 11) is 0. The van der Waals surface area contributed by atoms with Crippen LogP contribution in [0.25, 0.3) is 0 Å². The zero-order valence-electron chi connectivity index (χ0n) is 11.5. The molecule has 2 heterocycles. The molecule has 0 spiro atoms. The second-order valence-corrected chi connectivity index (χ2v) is 6.53. The third-order valence-electron chi connectivity index (χ3n) is 3.90. The molecular formula is C14H27NO2. The Labute approximate surface area is 105 Å². The Bertz CT molecular complexity index is 231. The van der Waals surface area contributed by atoms with Crippen LogP contribution in [0.1, 0.15) is 40.0 Å². The number of nitrogens with one attached hydrogen (secondary N) is 1. The number of hydrogen-bond acceptors (Lipinski definition) is 3. The van der Waals surface area contributed by atoms with Crippen LogP contribution in [-0.2, 0) is 9.47 Å². The van der Waals surface area contributed by atoms with Gasteiger partial charge in [0.2, 0.25) is 0 Å². The molecule has 17 heavy (non-hydrogen) atoms. The van der Waals surface area contributed by atoms with Crippen LogP contribution in [-0.4, -0.2) is 38.5 Å². The van der Waals surface area contributed by atoms with E-state index in [0.29, 0.717) is 18.1 Å². The lowest BCUT2D eigenvalue weighted by Gasteiger charge is -2.32. The van der Waals surface area contributed by atoms with Gasteiger partial charge in [-0.05, 0) is 24.7 Å². The fourth-order valence-electron chi connectivity index (χ4n) is 3.02. The standard InChI is InChI=1S/C14H27NO2/c1-14(2,3)13-11(6-8-17-13)9-15-12-5-4-7-16-10-12/h11-13,15H,4-10H2,1-3H3/t11-,12+,13+/m1/s1. The van der Waals surface area contributed by atoms with Crippen LogP contribution in [0.4, 0.5) is 0 Å². The first-order valence-corrected chi connectivity index (χ1v) is 7.00. The van der Waals surface area contributed by atoms with Crippen molar-refractivity contribution in [3.63, 3.8) is 0 Å². The Balaban J connectivity index is 1.77. The van der Waals surface area contributed by atoms with Crippen LogP contribution in [0.5, 0.6) is 0 Å². The first kappa shape index (κ1) is 13.3. The molecule has 100 valence electrons. The molecule has 0 radical (unpaired) electrons. The van der Waals surface area contributed by atoms with Crippen LogP contribution in [0.2, 0.25) is 0 Å². The smallest absolute Gasteiger partial charge is 0.0664 e. The van der Waals surface area contributed by atoms with Crippen molar-refractivity contribution < 1.29 is 9.47 Å². The molecule has 3 heteroatoms. The van der Waals surface area contributed by atoms with Crippen LogP contribution >= 0.6 is 0 Å². The highest BCUT2D eigenvalue weighted by Gasteiger charge is 2.37. The van der Waals surface area contributed by atoms with Gasteiger partial charge in [-0.15, -0.1) is 0 Å². The first-order valence-electron chi connectivity index (χ1n) is 7.00. The van der Waals surface area contributed by atoms with Crippen molar-refractivity contribution in [2.45, 2.75) is 52.2 Å². The van der Waals surface area contributed by atoms with E-state index in [2.05, 4.69) is 26.1 Å². The SMILES string of the molecule is CC(C)(C)[C@H]1OCC[C@@H]1CN[C@H]1CCCOC1. The molecule has 0 aliphatic carbocycles. The lowest BCUT2D eigenvalue weighted by Crippen LogP contribution is -2.43. The molecule has 0 aromatic carbocycles. The van der Waals surface area contributed by atoms with Gasteiger partial charge in [-0.3, -0.25) is 0 Å². The molecule has 3 atom stereocenters. The molecule has 2 rings (SSSR count). The highest BCUT2D eigenvalue weighted by atomic mass is 16.5. The van der Waals surface area contributed by atoms with Gasteiger partial charge in [-0.25, -0.2) is 0 Å². The summed E-state index contributed by atoms with van der Waals surface area (Å²) in [5.74, 6) is 0.664. The summed E-state index contributed by atoms with van der Waals surface area (Å²) in [6.45, 7) is 10.7. The van der Waals surface area contributed by atoms with Crippen molar-refractivity contribution in [2.24, 2.45) is 11.3 Å². The van der Waals surface area contributed by atoms with Crippen LogP contribution in [0.3, 0.4) is 0 Å². The van der Waals surface area contributed by atoms with Gasteiger partial charge in [-0.2, -0.15) is 0 Å². The summed E-state index contributed by atoms with van der Waals surface area (Å²) in [5, 5.41) is 3.66. The van der Waals surface area contributed by atoms with Gasteiger partial charge in [-0.1, -0.05) is 20.8 Å². The Morgan fingerprint density at radius 3 is 2.65 bits per heavy atom. The van der Waals surface area contributed by atoms with E-state index in [1.54, 1.807) is 0 Å². The molecule has 0 aromatic rings. The topological polar surface area (TPSA) is 30.5 Å². The predicted octanol–water partition coefficient (Wildman–Crippen LogP) is 2.21. The first-order chi connectivity index (χ1) is 8.07. The maximum atomic E-state index is 5.90. The molecule has 2 aliphatic rings. The van der Waals surface area contributed by atoms with Crippen molar-refractivity contribution in [3.05, 3.63) is 0 Å². The van der Waals surface area contributed by atoms with E-state index >= 15 is 0 Å². The van der Waals surface area contributed by atoms with Crippen LogP contribution < -0.4 is 5.32 Å². The Morgan fingerprint density at radius 1 is 1.18 bits per heavy atom. The van der Waals surface area contributed by atoms with E-state index in [1.807, 2.05) is 0 Å². The van der Waals surface area contributed by atoms with Gasteiger partial charge in [0, 0.05) is 31.7 Å². The van der Waals surface area contributed by atoms with Crippen molar-refractivity contribution in [1.29, 1.82) is 0 Å². The molecule has 0 aromatic heterocycles. The van der Waals surface area contributed by atoms with Gasteiger partial charge in [0.15, 0.2) is 0 Å². The summed E-state index contributed by atoms with van der Waals surface area (Å²) >= 11 is 0. The minimum absolute atomic E-state index is 0.256. The van der Waals surface area contributed by atoms with Crippen LogP contribution in [0.15, 0.2) is 0 Å². The largest absolute Gasteiger partial charge is 0.380 e. The average Bonchev–Trinajstić information content (AvgIpc) is 2.75.